The molecule has 0 spiro atoms. The number of para-hydroxylation sites is 2. The Labute approximate surface area is 190 Å². The maximum atomic E-state index is 12.9. The van der Waals surface area contributed by atoms with Crippen LogP contribution in [-0.2, 0) is 15.7 Å². The molecular weight excluding hydrogens is 463 g/mol. The second-order valence-electron chi connectivity index (χ2n) is 6.73. The number of carbonyl (C=O) groups excluding carboxylic acids is 1. The van der Waals surface area contributed by atoms with Gasteiger partial charge in [-0.05, 0) is 42.5 Å². The van der Waals surface area contributed by atoms with E-state index < -0.39 is 17.7 Å². The summed E-state index contributed by atoms with van der Waals surface area (Å²) < 4.78 is 55.9. The van der Waals surface area contributed by atoms with E-state index >= 15 is 0 Å². The van der Waals surface area contributed by atoms with E-state index in [4.69, 9.17) is 21.1 Å². The quantitative estimate of drug-likeness (QED) is 0.344. The topological polar surface area (TPSA) is 75.5 Å². The van der Waals surface area contributed by atoms with Gasteiger partial charge in [-0.25, -0.2) is 9.48 Å². The van der Waals surface area contributed by atoms with Crippen molar-refractivity contribution in [3.05, 3.63) is 71.2 Å². The van der Waals surface area contributed by atoms with Crippen LogP contribution < -0.4 is 9.47 Å². The number of carbonyl (C=O) groups is 1. The number of aromatic nitrogens is 3. The Kier molecular flexibility index (Phi) is 6.10. The molecule has 0 N–H and O–H groups in total. The van der Waals surface area contributed by atoms with Gasteiger partial charge in [0.1, 0.15) is 28.5 Å². The van der Waals surface area contributed by atoms with Gasteiger partial charge in [0, 0.05) is 6.07 Å². The number of halogens is 4. The molecule has 0 aliphatic heterocycles. The van der Waals surface area contributed by atoms with Crippen LogP contribution in [0.25, 0.3) is 16.7 Å². The molecule has 1 heterocycles. The van der Waals surface area contributed by atoms with E-state index in [-0.39, 0.29) is 17.4 Å². The third kappa shape index (κ3) is 4.85. The van der Waals surface area contributed by atoms with Crippen molar-refractivity contribution in [2.75, 3.05) is 13.7 Å². The van der Waals surface area contributed by atoms with E-state index in [1.165, 1.54) is 11.8 Å². The molecule has 0 fully saturated rings. The maximum absolute atomic E-state index is 12.9. The molecule has 0 unspecified atom stereocenters. The molecule has 0 saturated heterocycles. The molecule has 0 atom stereocenters. The highest BCUT2D eigenvalue weighted by Crippen LogP contribution is 2.37. The first-order chi connectivity index (χ1) is 15.8. The summed E-state index contributed by atoms with van der Waals surface area (Å²) in [6.07, 6.45) is -4.51. The molecule has 0 aliphatic rings. The van der Waals surface area contributed by atoms with E-state index in [9.17, 15) is 18.0 Å². The van der Waals surface area contributed by atoms with Crippen LogP contribution in [0.5, 0.6) is 17.2 Å². The van der Waals surface area contributed by atoms with Crippen LogP contribution in [0, 0.1) is 0 Å². The summed E-state index contributed by atoms with van der Waals surface area (Å²) >= 11 is 5.99. The van der Waals surface area contributed by atoms with Crippen molar-refractivity contribution in [2.45, 2.75) is 6.18 Å². The average Bonchev–Trinajstić information content (AvgIpc) is 3.21. The number of rotatable bonds is 6. The Balaban J connectivity index is 1.66. The molecule has 0 amide bonds. The summed E-state index contributed by atoms with van der Waals surface area (Å²) in [5, 5.41) is 8.07. The van der Waals surface area contributed by atoms with E-state index in [0.717, 1.165) is 18.2 Å². The van der Waals surface area contributed by atoms with E-state index in [1.807, 2.05) is 0 Å². The smallest absolute Gasteiger partial charge is 0.416 e. The Morgan fingerprint density at radius 3 is 2.58 bits per heavy atom. The highest BCUT2D eigenvalue weighted by Gasteiger charge is 2.31. The van der Waals surface area contributed by atoms with Crippen LogP contribution in [0.2, 0.25) is 5.02 Å². The number of methoxy groups -OCH3 is 1. The van der Waals surface area contributed by atoms with E-state index in [2.05, 4.69) is 15.0 Å². The average molecular weight is 478 g/mol. The van der Waals surface area contributed by atoms with Gasteiger partial charge in [-0.15, -0.1) is 5.10 Å². The SMILES string of the molecule is COC(=O)COc1ccccc1-n1nnc2ccc(Oc3ccc(C(F)(F)F)cc3Cl)cc21. The number of fused-ring (bicyclic) bond motifs is 1. The number of esters is 1. The van der Waals surface area contributed by atoms with Crippen LogP contribution in [0.15, 0.2) is 60.7 Å². The predicted molar refractivity (Wildman–Crippen MR) is 113 cm³/mol. The molecule has 4 rings (SSSR count). The Bertz CT molecular complexity index is 1320. The first-order valence-electron chi connectivity index (χ1n) is 9.45. The van der Waals surface area contributed by atoms with Crippen LogP contribution in [0.1, 0.15) is 5.56 Å². The summed E-state index contributed by atoms with van der Waals surface area (Å²) in [6, 6.07) is 14.6. The first-order valence-corrected chi connectivity index (χ1v) is 9.83. The molecule has 0 radical (unpaired) electrons. The standard InChI is InChI=1S/C22H15ClF3N3O4/c1-31-21(30)12-32-20-5-3-2-4-17(20)29-18-11-14(7-8-16(18)27-28-29)33-19-9-6-13(10-15(19)23)22(24,25)26/h2-11H,12H2,1H3. The zero-order valence-electron chi connectivity index (χ0n) is 17.0. The molecule has 0 aliphatic carbocycles. The lowest BCUT2D eigenvalue weighted by Gasteiger charge is -2.12. The zero-order valence-corrected chi connectivity index (χ0v) is 17.7. The van der Waals surface area contributed by atoms with Gasteiger partial charge in [-0.2, -0.15) is 13.2 Å². The lowest BCUT2D eigenvalue weighted by atomic mass is 10.2. The molecule has 1 aromatic heterocycles. The molecule has 0 saturated carbocycles. The van der Waals surface area contributed by atoms with Crippen LogP contribution in [-0.4, -0.2) is 34.7 Å². The second-order valence-corrected chi connectivity index (χ2v) is 7.14. The van der Waals surface area contributed by atoms with Gasteiger partial charge in [0.25, 0.3) is 0 Å². The third-order valence-corrected chi connectivity index (χ3v) is 4.87. The van der Waals surface area contributed by atoms with Crippen molar-refractivity contribution in [3.63, 3.8) is 0 Å². The molecule has 0 bridgehead atoms. The fraction of sp³-hybridized carbons (Fsp3) is 0.136. The monoisotopic (exact) mass is 477 g/mol. The minimum absolute atomic E-state index is 0.0600. The summed E-state index contributed by atoms with van der Waals surface area (Å²) in [6.45, 7) is -0.291. The molecule has 4 aromatic rings. The number of benzene rings is 3. The van der Waals surface area contributed by atoms with E-state index in [1.54, 1.807) is 42.5 Å². The summed E-state index contributed by atoms with van der Waals surface area (Å²) in [7, 11) is 1.26. The fourth-order valence-corrected chi connectivity index (χ4v) is 3.20. The van der Waals surface area contributed by atoms with Gasteiger partial charge in [0.2, 0.25) is 0 Å². The van der Waals surface area contributed by atoms with Gasteiger partial charge in [-0.3, -0.25) is 0 Å². The van der Waals surface area contributed by atoms with Crippen molar-refractivity contribution in [1.29, 1.82) is 0 Å². The Hall–Kier alpha value is -3.79. The molecule has 170 valence electrons. The largest absolute Gasteiger partial charge is 0.480 e. The lowest BCUT2D eigenvalue weighted by Crippen LogP contribution is -2.13. The van der Waals surface area contributed by atoms with E-state index in [0.29, 0.717) is 28.2 Å². The highest BCUT2D eigenvalue weighted by atomic mass is 35.5. The number of alkyl halides is 3. The normalized spacial score (nSPS) is 11.4. The number of nitrogens with zero attached hydrogens (tertiary/aromatic N) is 3. The molecule has 7 nitrogen and oxygen atoms in total. The lowest BCUT2D eigenvalue weighted by molar-refractivity contribution is -0.143. The maximum Gasteiger partial charge on any atom is 0.416 e. The number of hydrogen-bond donors (Lipinski definition) is 0. The molecule has 11 heteroatoms. The summed E-state index contributed by atoms with van der Waals surface area (Å²) in [4.78, 5) is 11.4. The Morgan fingerprint density at radius 1 is 1.06 bits per heavy atom. The fourth-order valence-electron chi connectivity index (χ4n) is 2.98. The minimum Gasteiger partial charge on any atom is -0.480 e. The predicted octanol–water partition coefficient (Wildman–Crippen LogP) is 5.44. The zero-order chi connectivity index (χ0) is 23.6. The molecular formula is C22H15ClF3N3O4. The summed E-state index contributed by atoms with van der Waals surface area (Å²) in [5.41, 5.74) is 0.697. The molecule has 33 heavy (non-hydrogen) atoms. The second kappa shape index (κ2) is 8.99. The van der Waals surface area contributed by atoms with Gasteiger partial charge in [-0.1, -0.05) is 28.9 Å². The van der Waals surface area contributed by atoms with Crippen LogP contribution >= 0.6 is 11.6 Å². The Morgan fingerprint density at radius 2 is 1.85 bits per heavy atom. The first kappa shape index (κ1) is 22.4. The van der Waals surface area contributed by atoms with Gasteiger partial charge in [0.05, 0.1) is 23.2 Å². The van der Waals surface area contributed by atoms with Gasteiger partial charge in [0.15, 0.2) is 6.61 Å². The van der Waals surface area contributed by atoms with Crippen molar-refractivity contribution >= 4 is 28.6 Å². The highest BCUT2D eigenvalue weighted by molar-refractivity contribution is 6.32. The van der Waals surface area contributed by atoms with Crippen LogP contribution in [0.3, 0.4) is 0 Å². The van der Waals surface area contributed by atoms with Gasteiger partial charge < -0.3 is 14.2 Å². The van der Waals surface area contributed by atoms with Gasteiger partial charge >= 0.3 is 12.1 Å². The minimum atomic E-state index is -4.51. The number of hydrogen-bond acceptors (Lipinski definition) is 6. The third-order valence-electron chi connectivity index (χ3n) is 4.57. The van der Waals surface area contributed by atoms with Crippen molar-refractivity contribution in [3.8, 4) is 22.9 Å². The summed E-state index contributed by atoms with van der Waals surface area (Å²) in [5.74, 6) is 0.190. The van der Waals surface area contributed by atoms with Crippen molar-refractivity contribution in [2.24, 2.45) is 0 Å². The molecule has 3 aromatic carbocycles. The number of ether oxygens (including phenoxy) is 3. The van der Waals surface area contributed by atoms with Crippen molar-refractivity contribution < 1.29 is 32.2 Å². The van der Waals surface area contributed by atoms with Crippen LogP contribution in [0.4, 0.5) is 13.2 Å². The van der Waals surface area contributed by atoms with Crippen molar-refractivity contribution in [1.82, 2.24) is 15.0 Å².